The number of fused-ring (bicyclic) bond motifs is 1. The molecule has 0 spiro atoms. The summed E-state index contributed by atoms with van der Waals surface area (Å²) >= 11 is 0. The molecule has 1 amide bonds. The fourth-order valence-electron chi connectivity index (χ4n) is 2.72. The maximum Gasteiger partial charge on any atom is 0.267 e. The number of carbonyl (C=O) groups excluding carboxylic acids is 1. The highest BCUT2D eigenvalue weighted by molar-refractivity contribution is 5.98. The van der Waals surface area contributed by atoms with Crippen LogP contribution < -0.4 is 11.1 Å². The summed E-state index contributed by atoms with van der Waals surface area (Å²) in [5.74, 6) is -0.0654. The lowest BCUT2D eigenvalue weighted by atomic mass is 10.1. The van der Waals surface area contributed by atoms with E-state index in [0.717, 1.165) is 41.3 Å². The van der Waals surface area contributed by atoms with E-state index < -0.39 is 0 Å². The van der Waals surface area contributed by atoms with Crippen LogP contribution in [0.5, 0.6) is 0 Å². The molecule has 124 valence electrons. The normalized spacial score (nSPS) is 10.9. The van der Waals surface area contributed by atoms with Crippen molar-refractivity contribution in [2.24, 2.45) is 5.73 Å². The summed E-state index contributed by atoms with van der Waals surface area (Å²) in [6.07, 6.45) is 6.55. The highest BCUT2D eigenvalue weighted by Gasteiger charge is 2.09. The van der Waals surface area contributed by atoms with E-state index in [1.807, 2.05) is 24.3 Å². The molecule has 0 aliphatic rings. The van der Waals surface area contributed by atoms with Crippen LogP contribution in [0.1, 0.15) is 29.8 Å². The molecule has 0 bridgehead atoms. The second kappa shape index (κ2) is 7.75. The Morgan fingerprint density at radius 3 is 2.67 bits per heavy atom. The molecule has 4 N–H and O–H groups in total. The summed E-state index contributed by atoms with van der Waals surface area (Å²) in [4.78, 5) is 19.5. The maximum absolute atomic E-state index is 12.2. The van der Waals surface area contributed by atoms with E-state index in [-0.39, 0.29) is 5.91 Å². The molecule has 0 radical (unpaired) electrons. The van der Waals surface area contributed by atoms with Crippen LogP contribution >= 0.6 is 0 Å². The summed E-state index contributed by atoms with van der Waals surface area (Å²) < 4.78 is 0. The van der Waals surface area contributed by atoms with Gasteiger partial charge in [0.05, 0.1) is 0 Å². The summed E-state index contributed by atoms with van der Waals surface area (Å²) in [5, 5.41) is 3.97. The average molecular weight is 322 g/mol. The predicted molar refractivity (Wildman–Crippen MR) is 96.8 cm³/mol. The zero-order valence-electron chi connectivity index (χ0n) is 13.6. The van der Waals surface area contributed by atoms with Gasteiger partial charge in [0.25, 0.3) is 5.91 Å². The van der Waals surface area contributed by atoms with Crippen LogP contribution in [0.3, 0.4) is 0 Å². The molecular formula is C19H22N4O. The van der Waals surface area contributed by atoms with Crippen LogP contribution in [0.4, 0.5) is 0 Å². The first kappa shape index (κ1) is 16.2. The largest absolute Gasteiger partial charge is 0.351 e. The fraction of sp³-hybridized carbons (Fsp3) is 0.263. The molecular weight excluding hydrogens is 300 g/mol. The van der Waals surface area contributed by atoms with Gasteiger partial charge in [0.15, 0.2) is 0 Å². The van der Waals surface area contributed by atoms with Gasteiger partial charge in [-0.15, -0.1) is 0 Å². The molecule has 0 atom stereocenters. The van der Waals surface area contributed by atoms with E-state index in [4.69, 9.17) is 5.73 Å². The minimum Gasteiger partial charge on any atom is -0.351 e. The van der Waals surface area contributed by atoms with Gasteiger partial charge < -0.3 is 16.0 Å². The third-order valence-corrected chi connectivity index (χ3v) is 4.05. The summed E-state index contributed by atoms with van der Waals surface area (Å²) in [6, 6.07) is 12.0. The minimum absolute atomic E-state index is 0.0654. The topological polar surface area (TPSA) is 83.8 Å². The van der Waals surface area contributed by atoms with Gasteiger partial charge in [0.1, 0.15) is 5.69 Å². The highest BCUT2D eigenvalue weighted by atomic mass is 16.1. The standard InChI is InChI=1S/C19H22N4O/c20-8-2-1-3-9-22-19(24)18-13-16-5-4-15(12-17(16)23-18)14-6-10-21-11-7-14/h4-7,10-13,23H,1-3,8-9,20H2,(H,22,24). The number of hydrogen-bond donors (Lipinski definition) is 3. The average Bonchev–Trinajstić information content (AvgIpc) is 3.05. The molecule has 5 nitrogen and oxygen atoms in total. The SMILES string of the molecule is NCCCCCNC(=O)c1cc2ccc(-c3ccncc3)cc2[nH]1. The fourth-order valence-corrected chi connectivity index (χ4v) is 2.72. The Balaban J connectivity index is 1.71. The number of nitrogens with two attached hydrogens (primary N) is 1. The maximum atomic E-state index is 12.2. The van der Waals surface area contributed by atoms with Gasteiger partial charge in [0.2, 0.25) is 0 Å². The van der Waals surface area contributed by atoms with Crippen molar-refractivity contribution in [3.8, 4) is 11.1 Å². The monoisotopic (exact) mass is 322 g/mol. The molecule has 3 rings (SSSR count). The summed E-state index contributed by atoms with van der Waals surface area (Å²) in [5.41, 5.74) is 9.21. The summed E-state index contributed by atoms with van der Waals surface area (Å²) in [7, 11) is 0. The minimum atomic E-state index is -0.0654. The third-order valence-electron chi connectivity index (χ3n) is 4.05. The molecule has 0 fully saturated rings. The lowest BCUT2D eigenvalue weighted by Gasteiger charge is -2.03. The number of nitrogens with one attached hydrogen (secondary N) is 2. The Bertz CT molecular complexity index is 811. The molecule has 0 saturated carbocycles. The van der Waals surface area contributed by atoms with Crippen LogP contribution in [-0.2, 0) is 0 Å². The number of nitrogens with zero attached hydrogens (tertiary/aromatic N) is 1. The molecule has 1 aromatic carbocycles. The van der Waals surface area contributed by atoms with Gasteiger partial charge in [0, 0.05) is 29.8 Å². The van der Waals surface area contributed by atoms with E-state index in [2.05, 4.69) is 27.4 Å². The van der Waals surface area contributed by atoms with Gasteiger partial charge in [-0.1, -0.05) is 18.6 Å². The first-order chi connectivity index (χ1) is 11.8. The van der Waals surface area contributed by atoms with Crippen LogP contribution in [0.25, 0.3) is 22.0 Å². The van der Waals surface area contributed by atoms with E-state index in [1.54, 1.807) is 12.4 Å². The number of hydrogen-bond acceptors (Lipinski definition) is 3. The Labute approximate surface area is 141 Å². The molecule has 24 heavy (non-hydrogen) atoms. The number of rotatable bonds is 7. The molecule has 2 heterocycles. The van der Waals surface area contributed by atoms with Gasteiger partial charge >= 0.3 is 0 Å². The zero-order chi connectivity index (χ0) is 16.8. The van der Waals surface area contributed by atoms with Crippen molar-refractivity contribution >= 4 is 16.8 Å². The number of carbonyl (C=O) groups is 1. The number of H-pyrrole nitrogens is 1. The van der Waals surface area contributed by atoms with E-state index in [1.165, 1.54) is 0 Å². The first-order valence-electron chi connectivity index (χ1n) is 8.29. The van der Waals surface area contributed by atoms with Crippen LogP contribution in [0, 0.1) is 0 Å². The molecule has 2 aromatic heterocycles. The van der Waals surface area contributed by atoms with Crippen molar-refractivity contribution in [2.45, 2.75) is 19.3 Å². The van der Waals surface area contributed by atoms with Crippen molar-refractivity contribution < 1.29 is 4.79 Å². The molecule has 0 aliphatic heterocycles. The first-order valence-corrected chi connectivity index (χ1v) is 8.29. The number of amides is 1. The Morgan fingerprint density at radius 1 is 1.04 bits per heavy atom. The van der Waals surface area contributed by atoms with Gasteiger partial charge in [-0.25, -0.2) is 0 Å². The molecule has 5 heteroatoms. The van der Waals surface area contributed by atoms with E-state index in [0.29, 0.717) is 18.8 Å². The Morgan fingerprint density at radius 2 is 1.88 bits per heavy atom. The Hall–Kier alpha value is -2.66. The van der Waals surface area contributed by atoms with Crippen molar-refractivity contribution in [1.82, 2.24) is 15.3 Å². The van der Waals surface area contributed by atoms with Crippen molar-refractivity contribution in [2.75, 3.05) is 13.1 Å². The van der Waals surface area contributed by atoms with Crippen molar-refractivity contribution in [3.63, 3.8) is 0 Å². The van der Waals surface area contributed by atoms with E-state index in [9.17, 15) is 4.79 Å². The van der Waals surface area contributed by atoms with Crippen LogP contribution in [0.15, 0.2) is 48.8 Å². The quantitative estimate of drug-likeness (QED) is 0.584. The van der Waals surface area contributed by atoms with Gasteiger partial charge in [-0.3, -0.25) is 9.78 Å². The number of pyridine rings is 1. The van der Waals surface area contributed by atoms with Crippen LogP contribution in [-0.4, -0.2) is 29.0 Å². The zero-order valence-corrected chi connectivity index (χ0v) is 13.6. The third kappa shape index (κ3) is 3.81. The summed E-state index contributed by atoms with van der Waals surface area (Å²) in [6.45, 7) is 1.38. The van der Waals surface area contributed by atoms with Gasteiger partial charge in [-0.05, 0) is 54.8 Å². The predicted octanol–water partition coefficient (Wildman–Crippen LogP) is 3.09. The van der Waals surface area contributed by atoms with Crippen molar-refractivity contribution in [1.29, 1.82) is 0 Å². The van der Waals surface area contributed by atoms with Crippen LogP contribution in [0.2, 0.25) is 0 Å². The lowest BCUT2D eigenvalue weighted by molar-refractivity contribution is 0.0949. The van der Waals surface area contributed by atoms with E-state index >= 15 is 0 Å². The molecule has 3 aromatic rings. The number of benzene rings is 1. The number of aromatic nitrogens is 2. The highest BCUT2D eigenvalue weighted by Crippen LogP contribution is 2.24. The molecule has 0 saturated heterocycles. The Kier molecular flexibility index (Phi) is 5.23. The number of aromatic amines is 1. The molecule has 0 aliphatic carbocycles. The lowest BCUT2D eigenvalue weighted by Crippen LogP contribution is -2.24. The second-order valence-corrected chi connectivity index (χ2v) is 5.83. The number of unbranched alkanes of at least 4 members (excludes halogenated alkanes) is 2. The van der Waals surface area contributed by atoms with Crippen molar-refractivity contribution in [3.05, 3.63) is 54.5 Å². The molecule has 0 unspecified atom stereocenters. The smallest absolute Gasteiger partial charge is 0.267 e. The second-order valence-electron chi connectivity index (χ2n) is 5.83. The van der Waals surface area contributed by atoms with Gasteiger partial charge in [-0.2, -0.15) is 0 Å².